The minimum absolute atomic E-state index is 0.192. The number of anilines is 1. The molecule has 0 atom stereocenters. The molecule has 1 saturated heterocycles. The van der Waals surface area contributed by atoms with Gasteiger partial charge in [-0.25, -0.2) is 4.98 Å². The van der Waals surface area contributed by atoms with Crippen LogP contribution in [0.25, 0.3) is 11.7 Å². The van der Waals surface area contributed by atoms with E-state index < -0.39 is 0 Å². The molecule has 174 valence electrons. The number of thioether (sulfide) groups is 1. The van der Waals surface area contributed by atoms with Crippen LogP contribution in [0.5, 0.6) is 0 Å². The topological polar surface area (TPSA) is 66.7 Å². The van der Waals surface area contributed by atoms with E-state index in [9.17, 15) is 9.59 Å². The summed E-state index contributed by atoms with van der Waals surface area (Å²) in [5.74, 6) is 0.238. The molecule has 6 nitrogen and oxygen atoms in total. The van der Waals surface area contributed by atoms with Crippen molar-refractivity contribution in [3.05, 3.63) is 117 Å². The van der Waals surface area contributed by atoms with E-state index in [0.717, 1.165) is 11.1 Å². The number of benzene rings is 2. The molecule has 1 aliphatic heterocycles. The zero-order valence-electron chi connectivity index (χ0n) is 18.8. The summed E-state index contributed by atoms with van der Waals surface area (Å²) in [6, 6.07) is 25.2. The lowest BCUT2D eigenvalue weighted by molar-refractivity contribution is -0.122. The van der Waals surface area contributed by atoms with Gasteiger partial charge in [-0.3, -0.25) is 18.9 Å². The van der Waals surface area contributed by atoms with Gasteiger partial charge in [-0.05, 0) is 35.8 Å². The predicted molar refractivity (Wildman–Crippen MR) is 145 cm³/mol. The maximum absolute atomic E-state index is 13.4. The quantitative estimate of drug-likeness (QED) is 0.293. The lowest BCUT2D eigenvalue weighted by atomic mass is 10.1. The Morgan fingerprint density at radius 2 is 1.60 bits per heavy atom. The fraction of sp³-hybridized carbons (Fsp3) is 0.111. The molecular weight excluding hydrogens is 476 g/mol. The first kappa shape index (κ1) is 23.0. The molecule has 5 rings (SSSR count). The van der Waals surface area contributed by atoms with E-state index in [-0.39, 0.29) is 11.5 Å². The van der Waals surface area contributed by atoms with Crippen LogP contribution in [0.2, 0.25) is 0 Å². The van der Waals surface area contributed by atoms with Crippen molar-refractivity contribution in [3.63, 3.8) is 0 Å². The van der Waals surface area contributed by atoms with Crippen LogP contribution in [0.3, 0.4) is 0 Å². The molecule has 2 aromatic carbocycles. The summed E-state index contributed by atoms with van der Waals surface area (Å²) < 4.78 is 1.97. The van der Waals surface area contributed by atoms with Crippen LogP contribution in [0.1, 0.15) is 16.7 Å². The van der Waals surface area contributed by atoms with Crippen molar-refractivity contribution in [2.75, 3.05) is 11.9 Å². The summed E-state index contributed by atoms with van der Waals surface area (Å²) in [5.41, 5.74) is 2.80. The average molecular weight is 499 g/mol. The number of thiocarbonyl (C=S) groups is 1. The minimum Gasteiger partial charge on any atom is -0.365 e. The van der Waals surface area contributed by atoms with Gasteiger partial charge in [0.1, 0.15) is 15.8 Å². The van der Waals surface area contributed by atoms with Gasteiger partial charge < -0.3 is 5.32 Å². The molecule has 0 radical (unpaired) electrons. The number of hydrogen-bond acceptors (Lipinski definition) is 6. The first-order chi connectivity index (χ1) is 17.1. The van der Waals surface area contributed by atoms with Crippen LogP contribution < -0.4 is 10.9 Å². The number of fused-ring (bicyclic) bond motifs is 1. The van der Waals surface area contributed by atoms with Crippen LogP contribution in [-0.2, 0) is 17.8 Å². The fourth-order valence-corrected chi connectivity index (χ4v) is 5.15. The highest BCUT2D eigenvalue weighted by Crippen LogP contribution is 2.33. The van der Waals surface area contributed by atoms with E-state index in [2.05, 4.69) is 10.3 Å². The number of nitrogens with one attached hydrogen (secondary N) is 1. The van der Waals surface area contributed by atoms with E-state index in [1.54, 1.807) is 29.3 Å². The Morgan fingerprint density at radius 1 is 0.914 bits per heavy atom. The Bertz CT molecular complexity index is 1480. The third-order valence-electron chi connectivity index (χ3n) is 5.69. The molecule has 0 unspecified atom stereocenters. The van der Waals surface area contributed by atoms with Crippen LogP contribution in [0, 0.1) is 0 Å². The molecule has 1 amide bonds. The summed E-state index contributed by atoms with van der Waals surface area (Å²) >= 11 is 6.71. The summed E-state index contributed by atoms with van der Waals surface area (Å²) in [4.78, 5) is 33.3. The van der Waals surface area contributed by atoms with Crippen LogP contribution in [0.15, 0.2) is 94.8 Å². The maximum atomic E-state index is 13.4. The lowest BCUT2D eigenvalue weighted by Gasteiger charge is -2.14. The maximum Gasteiger partial charge on any atom is 0.267 e. The number of aromatic nitrogens is 2. The zero-order chi connectivity index (χ0) is 24.2. The molecule has 4 aromatic rings. The number of hydrogen-bond donors (Lipinski definition) is 1. The Kier molecular flexibility index (Phi) is 6.74. The highest BCUT2D eigenvalue weighted by molar-refractivity contribution is 8.26. The highest BCUT2D eigenvalue weighted by Gasteiger charge is 2.32. The molecule has 1 aliphatic rings. The van der Waals surface area contributed by atoms with Crippen molar-refractivity contribution in [1.82, 2.24) is 14.3 Å². The molecule has 1 N–H and O–H groups in total. The highest BCUT2D eigenvalue weighted by atomic mass is 32.2. The summed E-state index contributed by atoms with van der Waals surface area (Å²) in [6.45, 7) is 0.981. The Labute approximate surface area is 212 Å². The SMILES string of the molecule is O=C1/C(=C/c2c(NCc3ccccc3)nc3ccccn3c2=O)SC(=S)N1CCc1ccccc1. The molecule has 8 heteroatoms. The zero-order valence-corrected chi connectivity index (χ0v) is 20.4. The van der Waals surface area contributed by atoms with Crippen molar-refractivity contribution >= 4 is 51.7 Å². The Hall–Kier alpha value is -3.75. The standard InChI is InChI=1S/C27H22N4O2S2/c32-25-21(17-22-26(33)31(27(34)35-22)16-14-19-9-3-1-4-10-19)24(28-18-20-11-5-2-6-12-20)29-23-13-7-8-15-30(23)25/h1-13,15,17,28H,14,16,18H2/b22-17-. The number of carbonyl (C=O) groups excluding carboxylic acids is 1. The van der Waals surface area contributed by atoms with Crippen molar-refractivity contribution in [3.8, 4) is 0 Å². The van der Waals surface area contributed by atoms with Crippen molar-refractivity contribution < 1.29 is 4.79 Å². The molecule has 1 fully saturated rings. The number of nitrogens with zero attached hydrogens (tertiary/aromatic N) is 3. The number of pyridine rings is 1. The van der Waals surface area contributed by atoms with Gasteiger partial charge in [0.15, 0.2) is 0 Å². The van der Waals surface area contributed by atoms with Gasteiger partial charge in [0.05, 0.1) is 10.5 Å². The van der Waals surface area contributed by atoms with Gasteiger partial charge in [0.25, 0.3) is 11.5 Å². The third-order valence-corrected chi connectivity index (χ3v) is 7.07. The summed E-state index contributed by atoms with van der Waals surface area (Å²) in [5, 5.41) is 3.28. The lowest BCUT2D eigenvalue weighted by Crippen LogP contribution is -2.30. The second-order valence-electron chi connectivity index (χ2n) is 8.02. The predicted octanol–water partition coefficient (Wildman–Crippen LogP) is 4.75. The van der Waals surface area contributed by atoms with E-state index in [0.29, 0.717) is 45.8 Å². The molecular formula is C27H22N4O2S2. The van der Waals surface area contributed by atoms with Gasteiger partial charge in [-0.1, -0.05) is 90.7 Å². The molecule has 2 aromatic heterocycles. The van der Waals surface area contributed by atoms with E-state index >= 15 is 0 Å². The average Bonchev–Trinajstić information content (AvgIpc) is 3.16. The summed E-state index contributed by atoms with van der Waals surface area (Å²) in [7, 11) is 0. The van der Waals surface area contributed by atoms with Crippen LogP contribution in [-0.4, -0.2) is 31.1 Å². The van der Waals surface area contributed by atoms with E-state index in [1.165, 1.54) is 16.2 Å². The monoisotopic (exact) mass is 498 g/mol. The third kappa shape index (κ3) is 5.03. The van der Waals surface area contributed by atoms with Crippen molar-refractivity contribution in [2.45, 2.75) is 13.0 Å². The minimum atomic E-state index is -0.249. The smallest absolute Gasteiger partial charge is 0.267 e. The number of rotatable bonds is 7. The van der Waals surface area contributed by atoms with Crippen LogP contribution >= 0.6 is 24.0 Å². The molecule has 0 aliphatic carbocycles. The van der Waals surface area contributed by atoms with Gasteiger partial charge >= 0.3 is 0 Å². The largest absolute Gasteiger partial charge is 0.365 e. The first-order valence-electron chi connectivity index (χ1n) is 11.2. The molecule has 3 heterocycles. The van der Waals surface area contributed by atoms with Gasteiger partial charge in [0, 0.05) is 19.3 Å². The second kappa shape index (κ2) is 10.2. The second-order valence-corrected chi connectivity index (χ2v) is 9.69. The number of amides is 1. The van der Waals surface area contributed by atoms with Crippen molar-refractivity contribution in [2.24, 2.45) is 0 Å². The van der Waals surface area contributed by atoms with E-state index in [4.69, 9.17) is 12.2 Å². The molecule has 0 saturated carbocycles. The van der Waals surface area contributed by atoms with Gasteiger partial charge in [-0.15, -0.1) is 0 Å². The molecule has 0 bridgehead atoms. The van der Waals surface area contributed by atoms with E-state index in [1.807, 2.05) is 66.7 Å². The summed E-state index contributed by atoms with van der Waals surface area (Å²) in [6.07, 6.45) is 3.99. The normalized spacial score (nSPS) is 14.7. The number of carbonyl (C=O) groups is 1. The Balaban J connectivity index is 1.46. The Morgan fingerprint density at radius 3 is 2.34 bits per heavy atom. The molecule has 35 heavy (non-hydrogen) atoms. The molecule has 0 spiro atoms. The first-order valence-corrected chi connectivity index (χ1v) is 12.4. The van der Waals surface area contributed by atoms with Gasteiger partial charge in [-0.2, -0.15) is 0 Å². The fourth-order valence-electron chi connectivity index (χ4n) is 3.86. The van der Waals surface area contributed by atoms with Crippen molar-refractivity contribution in [1.29, 1.82) is 0 Å². The van der Waals surface area contributed by atoms with Gasteiger partial charge in [0.2, 0.25) is 0 Å². The van der Waals surface area contributed by atoms with Crippen LogP contribution in [0.4, 0.5) is 5.82 Å².